The number of carboxylic acid groups (broad SMARTS) is 1. The van der Waals surface area contributed by atoms with Gasteiger partial charge in [-0.2, -0.15) is 0 Å². The van der Waals surface area contributed by atoms with Crippen molar-refractivity contribution >= 4 is 21.9 Å². The summed E-state index contributed by atoms with van der Waals surface area (Å²) in [5.41, 5.74) is 1.08. The van der Waals surface area contributed by atoms with Gasteiger partial charge in [-0.05, 0) is 46.1 Å². The molecule has 0 aliphatic rings. The van der Waals surface area contributed by atoms with Crippen LogP contribution < -0.4 is 4.74 Å². The van der Waals surface area contributed by atoms with Gasteiger partial charge in [0.15, 0.2) is 11.4 Å². The van der Waals surface area contributed by atoms with Gasteiger partial charge < -0.3 is 9.84 Å². The van der Waals surface area contributed by atoms with Crippen molar-refractivity contribution in [2.24, 2.45) is 0 Å². The first kappa shape index (κ1) is 13.5. The van der Waals surface area contributed by atoms with E-state index in [9.17, 15) is 4.79 Å². The summed E-state index contributed by atoms with van der Waals surface area (Å²) in [6, 6.07) is 9.10. The number of halogens is 1. The van der Waals surface area contributed by atoms with Gasteiger partial charge in [0.1, 0.15) is 5.75 Å². The lowest BCUT2D eigenvalue weighted by Gasteiger charge is -2.09. The topological polar surface area (TPSA) is 59.4 Å². The van der Waals surface area contributed by atoms with Crippen molar-refractivity contribution in [2.45, 2.75) is 13.3 Å². The number of aryl methyl sites for hydroxylation is 1. The minimum atomic E-state index is -1.12. The number of benzene rings is 1. The largest absolute Gasteiger partial charge is 0.476 e. The van der Waals surface area contributed by atoms with E-state index in [1.165, 1.54) is 11.8 Å². The van der Waals surface area contributed by atoms with Gasteiger partial charge in [0.05, 0.1) is 0 Å². The molecule has 1 heterocycles. The molecule has 0 fully saturated rings. The number of rotatable bonds is 4. The molecule has 0 amide bonds. The normalized spacial score (nSPS) is 10.2. The van der Waals surface area contributed by atoms with Crippen molar-refractivity contribution in [1.29, 1.82) is 0 Å². The molecule has 0 aliphatic heterocycles. The Balaban J connectivity index is 2.31. The van der Waals surface area contributed by atoms with E-state index in [2.05, 4.69) is 27.8 Å². The lowest BCUT2D eigenvalue weighted by atomic mass is 10.2. The predicted molar refractivity (Wildman–Crippen MR) is 74.8 cm³/mol. The van der Waals surface area contributed by atoms with Crippen molar-refractivity contribution in [3.63, 3.8) is 0 Å². The molecule has 0 saturated heterocycles. The van der Waals surface area contributed by atoms with Crippen LogP contribution in [0.5, 0.6) is 11.5 Å². The lowest BCUT2D eigenvalue weighted by Crippen LogP contribution is -2.03. The summed E-state index contributed by atoms with van der Waals surface area (Å²) < 4.78 is 6.24. The van der Waals surface area contributed by atoms with Gasteiger partial charge >= 0.3 is 5.97 Å². The van der Waals surface area contributed by atoms with E-state index < -0.39 is 5.97 Å². The standard InChI is InChI=1S/C14H12BrNO3/c1-2-9-3-5-11(6-4-9)19-12-7-10(15)8-16-13(12)14(17)18/h3-8H,2H2,1H3,(H,17,18). The van der Waals surface area contributed by atoms with E-state index in [0.29, 0.717) is 10.2 Å². The number of hydrogen-bond acceptors (Lipinski definition) is 3. The number of nitrogens with zero attached hydrogens (tertiary/aromatic N) is 1. The molecule has 0 bridgehead atoms. The second-order valence-electron chi connectivity index (χ2n) is 3.90. The summed E-state index contributed by atoms with van der Waals surface area (Å²) in [5, 5.41) is 9.06. The highest BCUT2D eigenvalue weighted by atomic mass is 79.9. The highest BCUT2D eigenvalue weighted by Gasteiger charge is 2.14. The molecule has 1 aromatic carbocycles. The second kappa shape index (κ2) is 5.84. The van der Waals surface area contributed by atoms with Gasteiger partial charge in [-0.1, -0.05) is 19.1 Å². The maximum atomic E-state index is 11.1. The first-order valence-corrected chi connectivity index (χ1v) is 6.55. The van der Waals surface area contributed by atoms with Crippen molar-refractivity contribution in [2.75, 3.05) is 0 Å². The first-order chi connectivity index (χ1) is 9.10. The smallest absolute Gasteiger partial charge is 0.358 e. The van der Waals surface area contributed by atoms with Crippen molar-refractivity contribution in [3.05, 3.63) is 52.3 Å². The van der Waals surface area contributed by atoms with Crippen LogP contribution >= 0.6 is 15.9 Å². The van der Waals surface area contributed by atoms with Gasteiger partial charge in [-0.3, -0.25) is 0 Å². The first-order valence-electron chi connectivity index (χ1n) is 5.75. The van der Waals surface area contributed by atoms with Crippen LogP contribution in [-0.4, -0.2) is 16.1 Å². The fraction of sp³-hybridized carbons (Fsp3) is 0.143. The maximum Gasteiger partial charge on any atom is 0.358 e. The van der Waals surface area contributed by atoms with Crippen LogP contribution in [0.25, 0.3) is 0 Å². The Bertz CT molecular complexity index is 596. The van der Waals surface area contributed by atoms with Gasteiger partial charge in [-0.15, -0.1) is 0 Å². The van der Waals surface area contributed by atoms with Gasteiger partial charge in [0, 0.05) is 10.7 Å². The molecule has 19 heavy (non-hydrogen) atoms. The minimum Gasteiger partial charge on any atom is -0.476 e. The molecular formula is C14H12BrNO3. The van der Waals surface area contributed by atoms with Crippen LogP contribution in [-0.2, 0) is 6.42 Å². The second-order valence-corrected chi connectivity index (χ2v) is 4.82. The van der Waals surface area contributed by atoms with Crippen molar-refractivity contribution in [3.8, 4) is 11.5 Å². The zero-order valence-electron chi connectivity index (χ0n) is 10.3. The number of carbonyl (C=O) groups is 1. The van der Waals surface area contributed by atoms with E-state index in [-0.39, 0.29) is 11.4 Å². The third-order valence-corrected chi connectivity index (χ3v) is 3.02. The van der Waals surface area contributed by atoms with Gasteiger partial charge in [0.25, 0.3) is 0 Å². The molecule has 2 rings (SSSR count). The summed E-state index contributed by atoms with van der Waals surface area (Å²) in [4.78, 5) is 14.9. The lowest BCUT2D eigenvalue weighted by molar-refractivity contribution is 0.0687. The zero-order valence-corrected chi connectivity index (χ0v) is 11.8. The molecule has 0 unspecified atom stereocenters. The van der Waals surface area contributed by atoms with Crippen LogP contribution in [0.3, 0.4) is 0 Å². The molecule has 5 heteroatoms. The van der Waals surface area contributed by atoms with E-state index in [1.807, 2.05) is 24.3 Å². The molecule has 0 saturated carbocycles. The Hall–Kier alpha value is -1.88. The Kier molecular flexibility index (Phi) is 4.16. The third kappa shape index (κ3) is 3.32. The zero-order chi connectivity index (χ0) is 13.8. The number of ether oxygens (including phenoxy) is 1. The Morgan fingerprint density at radius 1 is 1.37 bits per heavy atom. The van der Waals surface area contributed by atoms with Crippen LogP contribution in [0.2, 0.25) is 0 Å². The summed E-state index contributed by atoms with van der Waals surface area (Å²) in [5.74, 6) is -0.321. The minimum absolute atomic E-state index is 0.109. The number of aromatic carboxylic acids is 1. The number of aromatic nitrogens is 1. The SMILES string of the molecule is CCc1ccc(Oc2cc(Br)cnc2C(=O)O)cc1. The molecule has 0 aliphatic carbocycles. The van der Waals surface area contributed by atoms with E-state index in [0.717, 1.165) is 6.42 Å². The van der Waals surface area contributed by atoms with Crippen molar-refractivity contribution < 1.29 is 14.6 Å². The Labute approximate surface area is 119 Å². The molecule has 4 nitrogen and oxygen atoms in total. The van der Waals surface area contributed by atoms with Crippen LogP contribution in [0.15, 0.2) is 41.0 Å². The summed E-state index contributed by atoms with van der Waals surface area (Å²) in [6.45, 7) is 2.07. The number of hydrogen-bond donors (Lipinski definition) is 1. The Morgan fingerprint density at radius 2 is 2.05 bits per heavy atom. The summed E-state index contributed by atoms with van der Waals surface area (Å²) >= 11 is 3.25. The molecule has 0 atom stereocenters. The quantitative estimate of drug-likeness (QED) is 0.927. The molecule has 1 N–H and O–H groups in total. The average Bonchev–Trinajstić information content (AvgIpc) is 2.39. The fourth-order valence-electron chi connectivity index (χ4n) is 1.58. The molecule has 2 aromatic rings. The van der Waals surface area contributed by atoms with Crippen LogP contribution in [0.4, 0.5) is 0 Å². The monoisotopic (exact) mass is 321 g/mol. The van der Waals surface area contributed by atoms with Crippen LogP contribution in [0, 0.1) is 0 Å². The molecule has 1 aromatic heterocycles. The van der Waals surface area contributed by atoms with E-state index in [4.69, 9.17) is 9.84 Å². The maximum absolute atomic E-state index is 11.1. The highest BCUT2D eigenvalue weighted by Crippen LogP contribution is 2.27. The van der Waals surface area contributed by atoms with E-state index >= 15 is 0 Å². The Morgan fingerprint density at radius 3 is 2.63 bits per heavy atom. The highest BCUT2D eigenvalue weighted by molar-refractivity contribution is 9.10. The van der Waals surface area contributed by atoms with Crippen LogP contribution in [0.1, 0.15) is 23.0 Å². The average molecular weight is 322 g/mol. The van der Waals surface area contributed by atoms with Gasteiger partial charge in [-0.25, -0.2) is 9.78 Å². The van der Waals surface area contributed by atoms with E-state index in [1.54, 1.807) is 6.07 Å². The summed E-state index contributed by atoms with van der Waals surface area (Å²) in [6.07, 6.45) is 2.37. The molecular weight excluding hydrogens is 310 g/mol. The molecule has 0 radical (unpaired) electrons. The molecule has 0 spiro atoms. The van der Waals surface area contributed by atoms with Gasteiger partial charge in [0.2, 0.25) is 0 Å². The third-order valence-electron chi connectivity index (χ3n) is 2.58. The predicted octanol–water partition coefficient (Wildman–Crippen LogP) is 3.90. The summed E-state index contributed by atoms with van der Waals surface area (Å²) in [7, 11) is 0. The number of pyridine rings is 1. The molecule has 98 valence electrons. The van der Waals surface area contributed by atoms with Crippen molar-refractivity contribution in [1.82, 2.24) is 4.98 Å². The fourth-order valence-corrected chi connectivity index (χ4v) is 1.89. The number of carboxylic acids is 1.